The number of nitrogens with one attached hydrogen (secondary N) is 1. The van der Waals surface area contributed by atoms with Crippen molar-refractivity contribution in [2.24, 2.45) is 10.7 Å². The third kappa shape index (κ3) is 6.55. The molecule has 0 aliphatic rings. The summed E-state index contributed by atoms with van der Waals surface area (Å²) in [6.45, 7) is 1.06. The maximum Gasteiger partial charge on any atom is 0.341 e. The second kappa shape index (κ2) is 11.3. The third-order valence-electron chi connectivity index (χ3n) is 3.66. The predicted octanol–water partition coefficient (Wildman–Crippen LogP) is 2.75. The number of guanidine groups is 1. The van der Waals surface area contributed by atoms with E-state index in [1.807, 2.05) is 24.3 Å². The zero-order valence-electron chi connectivity index (χ0n) is 14.9. The van der Waals surface area contributed by atoms with Gasteiger partial charge >= 0.3 is 5.97 Å². The van der Waals surface area contributed by atoms with E-state index in [0.29, 0.717) is 30.4 Å². The molecule has 2 aromatic carbocycles. The van der Waals surface area contributed by atoms with Crippen LogP contribution in [-0.2, 0) is 17.7 Å². The van der Waals surface area contributed by atoms with Crippen LogP contribution in [0.1, 0.15) is 21.5 Å². The maximum atomic E-state index is 11.8. The summed E-state index contributed by atoms with van der Waals surface area (Å²) >= 11 is 0. The Bertz CT molecular complexity index is 736. The number of rotatable bonds is 7. The second-order valence-electron chi connectivity index (χ2n) is 5.39. The zero-order chi connectivity index (χ0) is 18.1. The Morgan fingerprint density at radius 1 is 1.12 bits per heavy atom. The van der Waals surface area contributed by atoms with Crippen LogP contribution < -0.4 is 15.8 Å². The summed E-state index contributed by atoms with van der Waals surface area (Å²) in [6.07, 6.45) is 0.867. The van der Waals surface area contributed by atoms with Gasteiger partial charge in [-0.25, -0.2) is 9.79 Å². The van der Waals surface area contributed by atoms with E-state index < -0.39 is 5.97 Å². The van der Waals surface area contributed by atoms with Crippen molar-refractivity contribution < 1.29 is 14.3 Å². The topological polar surface area (TPSA) is 85.9 Å². The summed E-state index contributed by atoms with van der Waals surface area (Å²) in [5.41, 5.74) is 8.34. The van der Waals surface area contributed by atoms with Crippen LogP contribution in [0.25, 0.3) is 0 Å². The lowest BCUT2D eigenvalue weighted by molar-refractivity contribution is 0.0597. The van der Waals surface area contributed by atoms with Gasteiger partial charge in [-0.2, -0.15) is 0 Å². The van der Waals surface area contributed by atoms with E-state index in [0.717, 1.165) is 12.0 Å². The van der Waals surface area contributed by atoms with Gasteiger partial charge in [0.05, 0.1) is 20.8 Å². The van der Waals surface area contributed by atoms with Crippen molar-refractivity contribution in [2.75, 3.05) is 20.8 Å². The second-order valence-corrected chi connectivity index (χ2v) is 5.39. The molecule has 2 rings (SSSR count). The number of carbonyl (C=O) groups excluding carboxylic acids is 1. The van der Waals surface area contributed by atoms with E-state index >= 15 is 0 Å². The van der Waals surface area contributed by atoms with Crippen molar-refractivity contribution in [3.8, 4) is 5.75 Å². The molecule has 0 aromatic heterocycles. The van der Waals surface area contributed by atoms with Crippen molar-refractivity contribution in [1.82, 2.24) is 5.32 Å². The summed E-state index contributed by atoms with van der Waals surface area (Å²) in [5.74, 6) is 0.386. The van der Waals surface area contributed by atoms with Gasteiger partial charge in [-0.05, 0) is 29.7 Å². The first kappa shape index (κ1) is 21.8. The molecule has 0 heterocycles. The number of nitrogens with zero attached hydrogens (tertiary/aromatic N) is 1. The monoisotopic (exact) mass is 469 g/mol. The molecule has 0 radical (unpaired) electrons. The molecule has 0 saturated carbocycles. The SMILES string of the molecule is COC(=O)c1cc(CN=C(N)NCCc2ccccc2)ccc1OC.I. The highest BCUT2D eigenvalue weighted by molar-refractivity contribution is 14.0. The molecule has 0 saturated heterocycles. The molecule has 140 valence electrons. The van der Waals surface area contributed by atoms with E-state index in [2.05, 4.69) is 22.4 Å². The van der Waals surface area contributed by atoms with E-state index in [1.165, 1.54) is 19.8 Å². The summed E-state index contributed by atoms with van der Waals surface area (Å²) in [4.78, 5) is 16.1. The van der Waals surface area contributed by atoms with Gasteiger partial charge in [0, 0.05) is 6.54 Å². The quantitative estimate of drug-likeness (QED) is 0.282. The standard InChI is InChI=1S/C19H23N3O3.HI/c1-24-17-9-8-15(12-16(17)18(23)25-2)13-22-19(20)21-11-10-14-6-4-3-5-7-14;/h3-9,12H,10-11,13H2,1-2H3,(H3,20,21,22);1H. The molecule has 2 aromatic rings. The predicted molar refractivity (Wildman–Crippen MR) is 113 cm³/mol. The molecule has 0 unspecified atom stereocenters. The molecular formula is C19H24IN3O3. The van der Waals surface area contributed by atoms with E-state index in [-0.39, 0.29) is 24.0 Å². The average molecular weight is 469 g/mol. The van der Waals surface area contributed by atoms with Gasteiger partial charge < -0.3 is 20.5 Å². The Morgan fingerprint density at radius 2 is 1.85 bits per heavy atom. The molecule has 0 bridgehead atoms. The maximum absolute atomic E-state index is 11.8. The van der Waals surface area contributed by atoms with E-state index in [9.17, 15) is 4.79 Å². The molecule has 7 heteroatoms. The Hall–Kier alpha value is -2.29. The fourth-order valence-corrected chi connectivity index (χ4v) is 2.33. The molecule has 0 aliphatic carbocycles. The number of halogens is 1. The van der Waals surface area contributed by atoms with Crippen LogP contribution in [0, 0.1) is 0 Å². The van der Waals surface area contributed by atoms with Crippen molar-refractivity contribution in [1.29, 1.82) is 0 Å². The number of esters is 1. The Morgan fingerprint density at radius 3 is 2.50 bits per heavy atom. The minimum absolute atomic E-state index is 0. The summed E-state index contributed by atoms with van der Waals surface area (Å²) in [7, 11) is 2.84. The highest BCUT2D eigenvalue weighted by Gasteiger charge is 2.13. The van der Waals surface area contributed by atoms with Crippen molar-refractivity contribution in [2.45, 2.75) is 13.0 Å². The number of nitrogens with two attached hydrogens (primary N) is 1. The van der Waals surface area contributed by atoms with Gasteiger partial charge in [0.15, 0.2) is 5.96 Å². The lowest BCUT2D eigenvalue weighted by Gasteiger charge is -2.09. The summed E-state index contributed by atoms with van der Waals surface area (Å²) < 4.78 is 9.93. The molecule has 0 amide bonds. The molecule has 3 N–H and O–H groups in total. The summed E-state index contributed by atoms with van der Waals surface area (Å²) in [5, 5.41) is 3.08. The fourth-order valence-electron chi connectivity index (χ4n) is 2.33. The fraction of sp³-hybridized carbons (Fsp3) is 0.263. The Balaban J connectivity index is 0.00000338. The first-order chi connectivity index (χ1) is 12.1. The van der Waals surface area contributed by atoms with Crippen molar-refractivity contribution in [3.05, 3.63) is 65.2 Å². The third-order valence-corrected chi connectivity index (χ3v) is 3.66. The van der Waals surface area contributed by atoms with Gasteiger partial charge in [0.25, 0.3) is 0 Å². The smallest absolute Gasteiger partial charge is 0.341 e. The lowest BCUT2D eigenvalue weighted by atomic mass is 10.1. The van der Waals surface area contributed by atoms with Crippen LogP contribution in [0.4, 0.5) is 0 Å². The van der Waals surface area contributed by atoms with Crippen LogP contribution in [0.2, 0.25) is 0 Å². The van der Waals surface area contributed by atoms with Gasteiger partial charge in [-0.15, -0.1) is 24.0 Å². The van der Waals surface area contributed by atoms with Crippen molar-refractivity contribution >= 4 is 35.9 Å². The van der Waals surface area contributed by atoms with E-state index in [1.54, 1.807) is 12.1 Å². The lowest BCUT2D eigenvalue weighted by Crippen LogP contribution is -2.33. The largest absolute Gasteiger partial charge is 0.496 e. The van der Waals surface area contributed by atoms with E-state index in [4.69, 9.17) is 15.2 Å². The number of methoxy groups -OCH3 is 2. The minimum Gasteiger partial charge on any atom is -0.496 e. The molecule has 0 aliphatic heterocycles. The first-order valence-corrected chi connectivity index (χ1v) is 7.97. The van der Waals surface area contributed by atoms with Crippen LogP contribution in [-0.4, -0.2) is 32.7 Å². The molecular weight excluding hydrogens is 445 g/mol. The van der Waals surface area contributed by atoms with Crippen molar-refractivity contribution in [3.63, 3.8) is 0 Å². The average Bonchev–Trinajstić information content (AvgIpc) is 2.66. The number of hydrogen-bond donors (Lipinski definition) is 2. The number of aliphatic imine (C=N–C) groups is 1. The molecule has 0 spiro atoms. The zero-order valence-corrected chi connectivity index (χ0v) is 17.2. The van der Waals surface area contributed by atoms with Gasteiger partial charge in [-0.1, -0.05) is 36.4 Å². The number of hydrogen-bond acceptors (Lipinski definition) is 4. The van der Waals surface area contributed by atoms with Crippen LogP contribution in [0.15, 0.2) is 53.5 Å². The molecule has 0 atom stereocenters. The molecule has 0 fully saturated rings. The van der Waals surface area contributed by atoms with Gasteiger partial charge in [-0.3, -0.25) is 0 Å². The number of carbonyl (C=O) groups is 1. The Kier molecular flexibility index (Phi) is 9.50. The van der Waals surface area contributed by atoms with Gasteiger partial charge in [0.2, 0.25) is 0 Å². The first-order valence-electron chi connectivity index (χ1n) is 7.97. The summed E-state index contributed by atoms with van der Waals surface area (Å²) in [6, 6.07) is 15.4. The number of ether oxygens (including phenoxy) is 2. The minimum atomic E-state index is -0.448. The highest BCUT2D eigenvalue weighted by atomic mass is 127. The van der Waals surface area contributed by atoms with Crippen LogP contribution >= 0.6 is 24.0 Å². The molecule has 26 heavy (non-hydrogen) atoms. The van der Waals surface area contributed by atoms with Gasteiger partial charge in [0.1, 0.15) is 11.3 Å². The highest BCUT2D eigenvalue weighted by Crippen LogP contribution is 2.21. The van der Waals surface area contributed by atoms with Crippen LogP contribution in [0.5, 0.6) is 5.75 Å². The normalized spacial score (nSPS) is 10.6. The number of benzene rings is 2. The molecule has 6 nitrogen and oxygen atoms in total. The van der Waals surface area contributed by atoms with Crippen LogP contribution in [0.3, 0.4) is 0 Å². The Labute approximate surface area is 170 Å².